The van der Waals surface area contributed by atoms with E-state index >= 15 is 0 Å². The second kappa shape index (κ2) is 15.7. The van der Waals surface area contributed by atoms with E-state index in [1.807, 2.05) is 0 Å². The predicted octanol–water partition coefficient (Wildman–Crippen LogP) is 7.52. The van der Waals surface area contributed by atoms with Crippen LogP contribution in [0, 0.1) is 0 Å². The Morgan fingerprint density at radius 2 is 0.897 bits per heavy atom. The lowest BCUT2D eigenvalue weighted by Crippen LogP contribution is -2.34. The molecular formula is C25H48O4. The summed E-state index contributed by atoms with van der Waals surface area (Å²) in [4.78, 5) is 24.8. The van der Waals surface area contributed by atoms with Crippen LogP contribution in [0.1, 0.15) is 138 Å². The van der Waals surface area contributed by atoms with Crippen LogP contribution in [0.25, 0.3) is 0 Å². The molecule has 0 aliphatic rings. The van der Waals surface area contributed by atoms with Gasteiger partial charge in [-0.2, -0.15) is 0 Å². The van der Waals surface area contributed by atoms with Crippen LogP contribution < -0.4 is 0 Å². The maximum Gasteiger partial charge on any atom is 0.306 e. The monoisotopic (exact) mass is 412 g/mol. The molecule has 0 saturated heterocycles. The zero-order valence-electron chi connectivity index (χ0n) is 20.2. The maximum atomic E-state index is 12.4. The van der Waals surface area contributed by atoms with Crippen molar-refractivity contribution in [1.29, 1.82) is 0 Å². The third-order valence-corrected chi connectivity index (χ3v) is 6.47. The molecule has 0 spiro atoms. The number of carbonyl (C=O) groups excluding carboxylic acids is 2. The molecule has 4 nitrogen and oxygen atoms in total. The first-order valence-electron chi connectivity index (χ1n) is 12.3. The minimum absolute atomic E-state index is 0.182. The molecule has 0 aliphatic heterocycles. The first-order chi connectivity index (χ1) is 13.9. The van der Waals surface area contributed by atoms with Crippen molar-refractivity contribution < 1.29 is 19.1 Å². The Morgan fingerprint density at radius 1 is 0.552 bits per heavy atom. The molecule has 0 saturated carbocycles. The van der Waals surface area contributed by atoms with Crippen LogP contribution in [0.15, 0.2) is 0 Å². The molecule has 0 unspecified atom stereocenters. The third kappa shape index (κ3) is 11.1. The normalized spacial score (nSPS) is 12.1. The Balaban J connectivity index is 4.49. The molecule has 0 aromatic heterocycles. The highest BCUT2D eigenvalue weighted by Gasteiger charge is 2.31. The van der Waals surface area contributed by atoms with E-state index in [1.54, 1.807) is 0 Å². The number of hydrogen-bond acceptors (Lipinski definition) is 4. The SMILES string of the molecule is CCCCCC(CC)(CC)OC(=O)CCCC(=O)OC(CC)(CC)CCCCC. The maximum absolute atomic E-state index is 12.4. The van der Waals surface area contributed by atoms with E-state index in [0.717, 1.165) is 64.2 Å². The highest BCUT2D eigenvalue weighted by molar-refractivity contribution is 5.73. The lowest BCUT2D eigenvalue weighted by atomic mass is 9.90. The van der Waals surface area contributed by atoms with Gasteiger partial charge in [-0.15, -0.1) is 0 Å². The molecule has 0 bridgehead atoms. The minimum atomic E-state index is -0.342. The average Bonchev–Trinajstić information content (AvgIpc) is 2.72. The van der Waals surface area contributed by atoms with Crippen molar-refractivity contribution in [2.45, 2.75) is 149 Å². The summed E-state index contributed by atoms with van der Waals surface area (Å²) in [5, 5.41) is 0. The van der Waals surface area contributed by atoms with Crippen molar-refractivity contribution in [2.24, 2.45) is 0 Å². The van der Waals surface area contributed by atoms with Crippen LogP contribution in [-0.2, 0) is 19.1 Å². The summed E-state index contributed by atoms with van der Waals surface area (Å²) < 4.78 is 11.8. The van der Waals surface area contributed by atoms with Crippen molar-refractivity contribution >= 4 is 11.9 Å². The minimum Gasteiger partial charge on any atom is -0.459 e. The number of rotatable bonds is 18. The zero-order chi connectivity index (χ0) is 22.2. The number of esters is 2. The summed E-state index contributed by atoms with van der Waals surface area (Å²) in [6, 6.07) is 0. The molecule has 0 aliphatic carbocycles. The molecule has 0 radical (unpaired) electrons. The summed E-state index contributed by atoms with van der Waals surface area (Å²) in [6.07, 6.45) is 13.1. The van der Waals surface area contributed by atoms with Crippen LogP contribution >= 0.6 is 0 Å². The summed E-state index contributed by atoms with van der Waals surface area (Å²) >= 11 is 0. The molecule has 172 valence electrons. The Kier molecular flexibility index (Phi) is 15.2. The van der Waals surface area contributed by atoms with Gasteiger partial charge in [0.15, 0.2) is 0 Å². The number of unbranched alkanes of at least 4 members (excludes halogenated alkanes) is 4. The van der Waals surface area contributed by atoms with Crippen molar-refractivity contribution in [3.05, 3.63) is 0 Å². The number of hydrogen-bond donors (Lipinski definition) is 0. The standard InChI is InChI=1S/C25H48O4/c1-7-13-15-20-24(9-3,10-4)28-22(26)18-17-19-23(27)29-25(11-5,12-6)21-16-14-8-2/h7-21H2,1-6H3. The van der Waals surface area contributed by atoms with Crippen molar-refractivity contribution in [3.63, 3.8) is 0 Å². The second-order valence-corrected chi connectivity index (χ2v) is 8.50. The number of ether oxygens (including phenoxy) is 2. The van der Waals surface area contributed by atoms with Gasteiger partial charge < -0.3 is 9.47 Å². The Hall–Kier alpha value is -1.06. The van der Waals surface area contributed by atoms with Gasteiger partial charge in [0.25, 0.3) is 0 Å². The van der Waals surface area contributed by atoms with Crippen LogP contribution in [-0.4, -0.2) is 23.1 Å². The third-order valence-electron chi connectivity index (χ3n) is 6.47. The summed E-state index contributed by atoms with van der Waals surface area (Å²) in [5.41, 5.74) is -0.683. The van der Waals surface area contributed by atoms with Crippen LogP contribution in [0.3, 0.4) is 0 Å². The summed E-state index contributed by atoms with van der Waals surface area (Å²) in [5.74, 6) is -0.364. The van der Waals surface area contributed by atoms with E-state index in [0.29, 0.717) is 6.42 Å². The predicted molar refractivity (Wildman–Crippen MR) is 121 cm³/mol. The summed E-state index contributed by atoms with van der Waals surface area (Å²) in [6.45, 7) is 12.7. The first kappa shape index (κ1) is 27.9. The molecule has 0 aromatic carbocycles. The van der Waals surface area contributed by atoms with Gasteiger partial charge in [0.2, 0.25) is 0 Å². The van der Waals surface area contributed by atoms with Gasteiger partial charge in [-0.3, -0.25) is 9.59 Å². The van der Waals surface area contributed by atoms with Crippen molar-refractivity contribution in [1.82, 2.24) is 0 Å². The molecule has 0 atom stereocenters. The topological polar surface area (TPSA) is 52.6 Å². The highest BCUT2D eigenvalue weighted by Crippen LogP contribution is 2.30. The summed E-state index contributed by atoms with van der Waals surface area (Å²) in [7, 11) is 0. The molecule has 29 heavy (non-hydrogen) atoms. The Bertz CT molecular complexity index is 396. The van der Waals surface area contributed by atoms with E-state index in [2.05, 4.69) is 41.5 Å². The second-order valence-electron chi connectivity index (χ2n) is 8.50. The first-order valence-corrected chi connectivity index (χ1v) is 12.3. The van der Waals surface area contributed by atoms with E-state index in [-0.39, 0.29) is 36.0 Å². The number of carbonyl (C=O) groups is 2. The van der Waals surface area contributed by atoms with Gasteiger partial charge in [-0.25, -0.2) is 0 Å². The molecular weight excluding hydrogens is 364 g/mol. The molecule has 0 amide bonds. The van der Waals surface area contributed by atoms with Crippen LogP contribution in [0.2, 0.25) is 0 Å². The molecule has 0 heterocycles. The van der Waals surface area contributed by atoms with Gasteiger partial charge in [0.1, 0.15) is 11.2 Å². The van der Waals surface area contributed by atoms with Crippen LogP contribution in [0.4, 0.5) is 0 Å². The van der Waals surface area contributed by atoms with E-state index in [4.69, 9.17) is 9.47 Å². The van der Waals surface area contributed by atoms with Crippen LogP contribution in [0.5, 0.6) is 0 Å². The lowest BCUT2D eigenvalue weighted by Gasteiger charge is -2.32. The fraction of sp³-hybridized carbons (Fsp3) is 0.920. The van der Waals surface area contributed by atoms with Gasteiger partial charge in [-0.1, -0.05) is 67.2 Å². The molecule has 4 heteroatoms. The quantitative estimate of drug-likeness (QED) is 0.172. The fourth-order valence-corrected chi connectivity index (χ4v) is 3.95. The van der Waals surface area contributed by atoms with E-state index in [9.17, 15) is 9.59 Å². The fourth-order valence-electron chi connectivity index (χ4n) is 3.95. The van der Waals surface area contributed by atoms with E-state index in [1.165, 1.54) is 12.8 Å². The lowest BCUT2D eigenvalue weighted by molar-refractivity contribution is -0.163. The van der Waals surface area contributed by atoms with Gasteiger partial charge in [-0.05, 0) is 57.8 Å². The molecule has 0 aromatic rings. The Labute approximate surface area is 180 Å². The highest BCUT2D eigenvalue weighted by atomic mass is 16.6. The van der Waals surface area contributed by atoms with Gasteiger partial charge in [0, 0.05) is 12.8 Å². The zero-order valence-corrected chi connectivity index (χ0v) is 20.2. The average molecular weight is 413 g/mol. The van der Waals surface area contributed by atoms with Gasteiger partial charge >= 0.3 is 11.9 Å². The van der Waals surface area contributed by atoms with Gasteiger partial charge in [0.05, 0.1) is 0 Å². The van der Waals surface area contributed by atoms with Crippen molar-refractivity contribution in [3.8, 4) is 0 Å². The Morgan fingerprint density at radius 3 is 1.17 bits per heavy atom. The smallest absolute Gasteiger partial charge is 0.306 e. The molecule has 0 rings (SSSR count). The molecule has 0 fully saturated rings. The van der Waals surface area contributed by atoms with E-state index < -0.39 is 0 Å². The van der Waals surface area contributed by atoms with Crippen molar-refractivity contribution in [2.75, 3.05) is 0 Å². The largest absolute Gasteiger partial charge is 0.459 e. The molecule has 0 N–H and O–H groups in total.